The fourth-order valence-electron chi connectivity index (χ4n) is 1.27. The molecular formula is C13H16F2N2O2. The Bertz CT molecular complexity index is 465. The summed E-state index contributed by atoms with van der Waals surface area (Å²) in [5.41, 5.74) is 0.114. The van der Waals surface area contributed by atoms with E-state index in [2.05, 4.69) is 5.32 Å². The van der Waals surface area contributed by atoms with Gasteiger partial charge in [0.05, 0.1) is 12.8 Å². The molecule has 19 heavy (non-hydrogen) atoms. The molecule has 0 aliphatic rings. The van der Waals surface area contributed by atoms with Gasteiger partial charge in [-0.3, -0.25) is 0 Å². The number of halogens is 2. The first-order chi connectivity index (χ1) is 8.97. The first-order valence-corrected chi connectivity index (χ1v) is 5.71. The van der Waals surface area contributed by atoms with Crippen LogP contribution in [0.5, 0.6) is 5.75 Å². The molecule has 0 saturated carbocycles. The predicted molar refractivity (Wildman–Crippen MR) is 68.0 cm³/mol. The van der Waals surface area contributed by atoms with Crippen molar-refractivity contribution in [1.82, 2.24) is 5.32 Å². The zero-order chi connectivity index (χ0) is 14.4. The lowest BCUT2D eigenvalue weighted by molar-refractivity contribution is 0.279. The number of allylic oxidation sites excluding steroid dienone is 1. The Morgan fingerprint density at radius 1 is 1.42 bits per heavy atom. The van der Waals surface area contributed by atoms with Gasteiger partial charge in [-0.15, -0.1) is 0 Å². The van der Waals surface area contributed by atoms with Gasteiger partial charge in [-0.2, -0.15) is 0 Å². The van der Waals surface area contributed by atoms with Crippen molar-refractivity contribution in [2.75, 3.05) is 0 Å². The number of hydrogen-bond acceptors (Lipinski definition) is 4. The molecule has 4 nitrogen and oxygen atoms in total. The number of rotatable bonds is 6. The molecule has 0 saturated heterocycles. The van der Waals surface area contributed by atoms with Crippen molar-refractivity contribution in [3.8, 4) is 5.75 Å². The van der Waals surface area contributed by atoms with Crippen LogP contribution < -0.4 is 10.1 Å². The third kappa shape index (κ3) is 4.33. The van der Waals surface area contributed by atoms with Gasteiger partial charge < -0.3 is 20.6 Å². The Kier molecular flexibility index (Phi) is 5.44. The van der Waals surface area contributed by atoms with Crippen molar-refractivity contribution in [2.24, 2.45) is 0 Å². The van der Waals surface area contributed by atoms with E-state index in [4.69, 9.17) is 15.3 Å². The predicted octanol–water partition coefficient (Wildman–Crippen LogP) is 2.32. The van der Waals surface area contributed by atoms with Crippen molar-refractivity contribution in [2.45, 2.75) is 26.5 Å². The molecule has 0 fully saturated rings. The van der Waals surface area contributed by atoms with Crippen LogP contribution in [-0.4, -0.2) is 17.4 Å². The molecule has 0 amide bonds. The van der Waals surface area contributed by atoms with Gasteiger partial charge in [0.1, 0.15) is 0 Å². The summed E-state index contributed by atoms with van der Waals surface area (Å²) in [6.07, 6.45) is 2.20. The fraction of sp³-hybridized carbons (Fsp3) is 0.308. The molecule has 1 rings (SSSR count). The van der Waals surface area contributed by atoms with Crippen LogP contribution in [0.3, 0.4) is 0 Å². The van der Waals surface area contributed by atoms with Gasteiger partial charge >= 0.3 is 0 Å². The van der Waals surface area contributed by atoms with Crippen LogP contribution in [0.1, 0.15) is 19.4 Å². The van der Waals surface area contributed by atoms with Crippen LogP contribution >= 0.6 is 0 Å². The molecule has 0 aliphatic carbocycles. The van der Waals surface area contributed by atoms with Crippen molar-refractivity contribution in [3.63, 3.8) is 0 Å². The molecule has 0 spiro atoms. The van der Waals surface area contributed by atoms with Crippen LogP contribution in [0.2, 0.25) is 0 Å². The minimum atomic E-state index is -0.929. The molecule has 104 valence electrons. The van der Waals surface area contributed by atoms with Gasteiger partial charge in [0, 0.05) is 12.2 Å². The van der Waals surface area contributed by atoms with E-state index in [-0.39, 0.29) is 17.4 Å². The van der Waals surface area contributed by atoms with E-state index in [9.17, 15) is 8.78 Å². The Hall–Kier alpha value is -1.95. The van der Waals surface area contributed by atoms with Gasteiger partial charge in [0.25, 0.3) is 0 Å². The number of aliphatic hydroxyl groups excluding tert-OH is 1. The molecule has 0 radical (unpaired) electrons. The van der Waals surface area contributed by atoms with E-state index in [1.807, 2.05) is 13.8 Å². The van der Waals surface area contributed by atoms with Gasteiger partial charge in [-0.1, -0.05) is 0 Å². The third-order valence-corrected chi connectivity index (χ3v) is 2.16. The maximum absolute atomic E-state index is 13.6. The fourth-order valence-corrected chi connectivity index (χ4v) is 1.27. The van der Waals surface area contributed by atoms with Crippen LogP contribution in [0.15, 0.2) is 24.1 Å². The maximum atomic E-state index is 13.6. The Balaban J connectivity index is 2.97. The first-order valence-electron chi connectivity index (χ1n) is 5.71. The largest absolute Gasteiger partial charge is 0.448 e. The topological polar surface area (TPSA) is 65.3 Å². The van der Waals surface area contributed by atoms with E-state index in [0.717, 1.165) is 18.3 Å². The summed E-state index contributed by atoms with van der Waals surface area (Å²) in [7, 11) is 0. The van der Waals surface area contributed by atoms with Gasteiger partial charge in [0.2, 0.25) is 0 Å². The number of benzene rings is 1. The van der Waals surface area contributed by atoms with Crippen molar-refractivity contribution < 1.29 is 18.6 Å². The summed E-state index contributed by atoms with van der Waals surface area (Å²) < 4.78 is 32.2. The summed E-state index contributed by atoms with van der Waals surface area (Å²) in [6.45, 7) is 3.28. The smallest absolute Gasteiger partial charge is 0.198 e. The number of aliphatic hydroxyl groups is 1. The highest BCUT2D eigenvalue weighted by Crippen LogP contribution is 2.24. The molecule has 1 aromatic rings. The Morgan fingerprint density at radius 2 is 2.00 bits per heavy atom. The molecule has 0 unspecified atom stereocenters. The molecule has 0 bridgehead atoms. The molecule has 0 aliphatic heterocycles. The summed E-state index contributed by atoms with van der Waals surface area (Å²) >= 11 is 0. The highest BCUT2D eigenvalue weighted by molar-refractivity contribution is 5.73. The summed E-state index contributed by atoms with van der Waals surface area (Å²) in [5.74, 6) is -2.48. The highest BCUT2D eigenvalue weighted by atomic mass is 19.1. The third-order valence-electron chi connectivity index (χ3n) is 2.16. The molecule has 1 aromatic carbocycles. The second-order valence-electron chi connectivity index (χ2n) is 4.16. The van der Waals surface area contributed by atoms with Gasteiger partial charge in [-0.05, 0) is 31.5 Å². The molecule has 0 atom stereocenters. The second-order valence-corrected chi connectivity index (χ2v) is 4.16. The van der Waals surface area contributed by atoms with Crippen LogP contribution in [0, 0.1) is 17.0 Å². The van der Waals surface area contributed by atoms with Crippen molar-refractivity contribution in [3.05, 3.63) is 41.3 Å². The molecule has 3 N–H and O–H groups in total. The standard InChI is InChI=1S/C13H16F2N2O2/c1-8(2)17-6-10(5-16)19-13-11(14)3-9(7-18)4-12(13)15/h3-6,8,16-18H,7H2,1-2H3/b10-6+,16-5?. The van der Waals surface area contributed by atoms with Crippen LogP contribution in [0.4, 0.5) is 8.78 Å². The molecule has 6 heteroatoms. The van der Waals surface area contributed by atoms with E-state index >= 15 is 0 Å². The number of ether oxygens (including phenoxy) is 1. The maximum Gasteiger partial charge on any atom is 0.198 e. The lowest BCUT2D eigenvalue weighted by atomic mass is 10.2. The van der Waals surface area contributed by atoms with Crippen molar-refractivity contribution >= 4 is 6.21 Å². The van der Waals surface area contributed by atoms with Crippen LogP contribution in [-0.2, 0) is 6.61 Å². The average molecular weight is 270 g/mol. The van der Waals surface area contributed by atoms with E-state index < -0.39 is 24.0 Å². The first kappa shape index (κ1) is 15.1. The monoisotopic (exact) mass is 270 g/mol. The zero-order valence-electron chi connectivity index (χ0n) is 10.7. The highest BCUT2D eigenvalue weighted by Gasteiger charge is 2.14. The SMILES string of the molecule is CC(C)N/C=C(\C=N)Oc1c(F)cc(CO)cc1F. The van der Waals surface area contributed by atoms with Crippen LogP contribution in [0.25, 0.3) is 0 Å². The van der Waals surface area contributed by atoms with Crippen molar-refractivity contribution in [1.29, 1.82) is 5.41 Å². The lowest BCUT2D eigenvalue weighted by Gasteiger charge is -2.11. The molecular weight excluding hydrogens is 254 g/mol. The van der Waals surface area contributed by atoms with E-state index in [1.165, 1.54) is 6.20 Å². The number of hydrogen-bond donors (Lipinski definition) is 3. The average Bonchev–Trinajstić information content (AvgIpc) is 2.36. The normalized spacial score (nSPS) is 11.6. The molecule has 0 aromatic heterocycles. The number of nitrogens with one attached hydrogen (secondary N) is 2. The van der Waals surface area contributed by atoms with Gasteiger partial charge in [0.15, 0.2) is 23.1 Å². The minimum Gasteiger partial charge on any atom is -0.448 e. The lowest BCUT2D eigenvalue weighted by Crippen LogP contribution is -2.18. The Labute approximate surface area is 110 Å². The van der Waals surface area contributed by atoms with Gasteiger partial charge in [-0.25, -0.2) is 8.78 Å². The summed E-state index contributed by atoms with van der Waals surface area (Å²) in [5, 5.41) is 18.8. The van der Waals surface area contributed by atoms with E-state index in [0.29, 0.717) is 0 Å². The minimum absolute atomic E-state index is 0.0248. The summed E-state index contributed by atoms with van der Waals surface area (Å²) in [6, 6.07) is 2.07. The second kappa shape index (κ2) is 6.84. The summed E-state index contributed by atoms with van der Waals surface area (Å²) in [4.78, 5) is 0. The zero-order valence-corrected chi connectivity index (χ0v) is 10.7. The quantitative estimate of drug-likeness (QED) is 0.549. The van der Waals surface area contributed by atoms with E-state index in [1.54, 1.807) is 0 Å². The Morgan fingerprint density at radius 3 is 2.42 bits per heavy atom. The molecule has 0 heterocycles.